The van der Waals surface area contributed by atoms with E-state index in [2.05, 4.69) is 4.98 Å². The van der Waals surface area contributed by atoms with Crippen LogP contribution in [0.1, 0.15) is 30.8 Å². The molecule has 12 heavy (non-hydrogen) atoms. The SMILES string of the molecule is CC.Cc1cc(Cl)c(C)c(C)n1. The Kier molecular flexibility index (Phi) is 4.91. The van der Waals surface area contributed by atoms with Gasteiger partial charge >= 0.3 is 0 Å². The predicted octanol–water partition coefficient (Wildman–Crippen LogP) is 3.69. The second-order valence-electron chi connectivity index (χ2n) is 2.46. The number of hydrogen-bond acceptors (Lipinski definition) is 1. The number of nitrogens with zero attached hydrogens (tertiary/aromatic N) is 1. The maximum Gasteiger partial charge on any atom is 0.0471 e. The van der Waals surface area contributed by atoms with E-state index in [4.69, 9.17) is 11.6 Å². The molecule has 0 aromatic carbocycles. The minimum absolute atomic E-state index is 0.810. The van der Waals surface area contributed by atoms with Gasteiger partial charge in [-0.05, 0) is 32.4 Å². The second kappa shape index (κ2) is 5.15. The highest BCUT2D eigenvalue weighted by atomic mass is 35.5. The van der Waals surface area contributed by atoms with Crippen molar-refractivity contribution in [3.05, 3.63) is 28.0 Å². The lowest BCUT2D eigenvalue weighted by atomic mass is 10.2. The highest BCUT2D eigenvalue weighted by Gasteiger charge is 1.99. The minimum atomic E-state index is 0.810. The van der Waals surface area contributed by atoms with E-state index in [0.717, 1.165) is 22.0 Å². The van der Waals surface area contributed by atoms with Gasteiger partial charge in [0.15, 0.2) is 0 Å². The minimum Gasteiger partial charge on any atom is -0.258 e. The standard InChI is InChI=1S/C8H10ClN.C2H6/c1-5-4-8(9)6(2)7(3)10-5;1-2/h4H,1-3H3;1-2H3. The van der Waals surface area contributed by atoms with Crippen molar-refractivity contribution in [1.82, 2.24) is 4.98 Å². The maximum absolute atomic E-state index is 5.88. The summed E-state index contributed by atoms with van der Waals surface area (Å²) in [7, 11) is 0. The van der Waals surface area contributed by atoms with E-state index < -0.39 is 0 Å². The lowest BCUT2D eigenvalue weighted by molar-refractivity contribution is 1.09. The molecule has 2 heteroatoms. The van der Waals surface area contributed by atoms with Crippen molar-refractivity contribution in [2.45, 2.75) is 34.6 Å². The second-order valence-corrected chi connectivity index (χ2v) is 2.86. The molecule has 1 rings (SSSR count). The normalized spacial score (nSPS) is 8.83. The molecule has 0 bridgehead atoms. The van der Waals surface area contributed by atoms with Crippen LogP contribution in [-0.4, -0.2) is 4.98 Å². The molecule has 1 heterocycles. The van der Waals surface area contributed by atoms with Crippen LogP contribution in [0.15, 0.2) is 6.07 Å². The number of aryl methyl sites for hydroxylation is 2. The number of rotatable bonds is 0. The molecule has 0 saturated carbocycles. The van der Waals surface area contributed by atoms with Crippen LogP contribution in [0, 0.1) is 20.8 Å². The average Bonchev–Trinajstić information content (AvgIpc) is 2.04. The van der Waals surface area contributed by atoms with Gasteiger partial charge in [-0.2, -0.15) is 0 Å². The van der Waals surface area contributed by atoms with Crippen molar-refractivity contribution in [1.29, 1.82) is 0 Å². The van der Waals surface area contributed by atoms with Crippen molar-refractivity contribution in [3.8, 4) is 0 Å². The summed E-state index contributed by atoms with van der Waals surface area (Å²) >= 11 is 5.88. The topological polar surface area (TPSA) is 12.9 Å². The zero-order valence-corrected chi connectivity index (χ0v) is 9.16. The predicted molar refractivity (Wildman–Crippen MR) is 54.8 cm³/mol. The van der Waals surface area contributed by atoms with Crippen LogP contribution in [0.3, 0.4) is 0 Å². The van der Waals surface area contributed by atoms with Crippen LogP contribution in [-0.2, 0) is 0 Å². The van der Waals surface area contributed by atoms with Crippen molar-refractivity contribution in [3.63, 3.8) is 0 Å². The molecule has 68 valence electrons. The summed E-state index contributed by atoms with van der Waals surface area (Å²) in [5, 5.41) is 0.810. The van der Waals surface area contributed by atoms with Gasteiger partial charge in [-0.1, -0.05) is 25.4 Å². The van der Waals surface area contributed by atoms with Gasteiger partial charge in [0.2, 0.25) is 0 Å². The zero-order chi connectivity index (χ0) is 9.72. The molecule has 1 aromatic heterocycles. The Morgan fingerprint density at radius 3 is 2.08 bits per heavy atom. The van der Waals surface area contributed by atoms with Gasteiger partial charge in [0.05, 0.1) is 0 Å². The van der Waals surface area contributed by atoms with Crippen LogP contribution in [0.5, 0.6) is 0 Å². The lowest BCUT2D eigenvalue weighted by Crippen LogP contribution is -1.90. The molecule has 1 nitrogen and oxygen atoms in total. The van der Waals surface area contributed by atoms with E-state index >= 15 is 0 Å². The molecule has 0 atom stereocenters. The van der Waals surface area contributed by atoms with Gasteiger partial charge in [-0.15, -0.1) is 0 Å². The van der Waals surface area contributed by atoms with Crippen LogP contribution in [0.25, 0.3) is 0 Å². The molecule has 1 aromatic rings. The van der Waals surface area contributed by atoms with E-state index in [0.29, 0.717) is 0 Å². The monoisotopic (exact) mass is 185 g/mol. The van der Waals surface area contributed by atoms with E-state index in [1.165, 1.54) is 0 Å². The fourth-order valence-electron chi connectivity index (χ4n) is 0.845. The van der Waals surface area contributed by atoms with Gasteiger partial charge in [0.25, 0.3) is 0 Å². The summed E-state index contributed by atoms with van der Waals surface area (Å²) in [6, 6.07) is 1.88. The molecular formula is C10H16ClN. The lowest BCUT2D eigenvalue weighted by Gasteiger charge is -2.01. The largest absolute Gasteiger partial charge is 0.258 e. The summed E-state index contributed by atoms with van der Waals surface area (Å²) in [4.78, 5) is 4.25. The van der Waals surface area contributed by atoms with Gasteiger partial charge in [0, 0.05) is 16.4 Å². The number of hydrogen-bond donors (Lipinski definition) is 0. The molecule has 0 saturated heterocycles. The summed E-state index contributed by atoms with van der Waals surface area (Å²) in [5.74, 6) is 0. The Hall–Kier alpha value is -0.560. The average molecular weight is 186 g/mol. The first-order valence-electron chi connectivity index (χ1n) is 4.21. The Balaban J connectivity index is 0.000000561. The Labute approximate surface area is 79.8 Å². The first-order chi connectivity index (χ1) is 5.61. The molecule has 0 radical (unpaired) electrons. The Bertz CT molecular complexity index is 233. The van der Waals surface area contributed by atoms with Crippen LogP contribution in [0.4, 0.5) is 0 Å². The fourth-order valence-corrected chi connectivity index (χ4v) is 1.14. The van der Waals surface area contributed by atoms with Crippen LogP contribution < -0.4 is 0 Å². The zero-order valence-electron chi connectivity index (χ0n) is 8.40. The van der Waals surface area contributed by atoms with Crippen molar-refractivity contribution >= 4 is 11.6 Å². The molecule has 0 aliphatic heterocycles. The third kappa shape index (κ3) is 2.82. The first-order valence-corrected chi connectivity index (χ1v) is 4.59. The van der Waals surface area contributed by atoms with Gasteiger partial charge < -0.3 is 0 Å². The van der Waals surface area contributed by atoms with E-state index in [1.54, 1.807) is 0 Å². The van der Waals surface area contributed by atoms with E-state index in [-0.39, 0.29) is 0 Å². The molecule has 0 unspecified atom stereocenters. The molecule has 0 aliphatic rings. The highest BCUT2D eigenvalue weighted by Crippen LogP contribution is 2.17. The van der Waals surface area contributed by atoms with Crippen LogP contribution >= 0.6 is 11.6 Å². The first kappa shape index (κ1) is 11.4. The van der Waals surface area contributed by atoms with Gasteiger partial charge in [-0.25, -0.2) is 0 Å². The van der Waals surface area contributed by atoms with Gasteiger partial charge in [-0.3, -0.25) is 4.98 Å². The van der Waals surface area contributed by atoms with Crippen molar-refractivity contribution in [2.75, 3.05) is 0 Å². The third-order valence-corrected chi connectivity index (χ3v) is 1.97. The van der Waals surface area contributed by atoms with Crippen molar-refractivity contribution < 1.29 is 0 Å². The molecule has 0 spiro atoms. The summed E-state index contributed by atoms with van der Waals surface area (Å²) in [5.41, 5.74) is 3.07. The molecule has 0 N–H and O–H groups in total. The van der Waals surface area contributed by atoms with Gasteiger partial charge in [0.1, 0.15) is 0 Å². The summed E-state index contributed by atoms with van der Waals surface area (Å²) < 4.78 is 0. The Morgan fingerprint density at radius 2 is 1.67 bits per heavy atom. The smallest absolute Gasteiger partial charge is 0.0471 e. The summed E-state index contributed by atoms with van der Waals surface area (Å²) in [6.07, 6.45) is 0. The number of pyridine rings is 1. The van der Waals surface area contributed by atoms with E-state index in [9.17, 15) is 0 Å². The molecular weight excluding hydrogens is 170 g/mol. The highest BCUT2D eigenvalue weighted by molar-refractivity contribution is 6.31. The molecule has 0 aliphatic carbocycles. The van der Waals surface area contributed by atoms with Crippen LogP contribution in [0.2, 0.25) is 5.02 Å². The maximum atomic E-state index is 5.88. The molecule has 0 amide bonds. The molecule has 0 fully saturated rings. The number of halogens is 1. The third-order valence-electron chi connectivity index (χ3n) is 1.58. The Morgan fingerprint density at radius 1 is 1.17 bits per heavy atom. The fraction of sp³-hybridized carbons (Fsp3) is 0.500. The number of aromatic nitrogens is 1. The quantitative estimate of drug-likeness (QED) is 0.601. The summed E-state index contributed by atoms with van der Waals surface area (Å²) in [6.45, 7) is 9.89. The van der Waals surface area contributed by atoms with E-state index in [1.807, 2.05) is 40.7 Å². The van der Waals surface area contributed by atoms with Crippen molar-refractivity contribution in [2.24, 2.45) is 0 Å².